The summed E-state index contributed by atoms with van der Waals surface area (Å²) < 4.78 is 5.70. The topological polar surface area (TPSA) is 35.2 Å². The van der Waals surface area contributed by atoms with Crippen molar-refractivity contribution in [2.45, 2.75) is 38.7 Å². The first kappa shape index (κ1) is 15.6. The molecule has 0 aliphatic rings. The third-order valence-electron chi connectivity index (χ3n) is 3.56. The fourth-order valence-corrected chi connectivity index (χ4v) is 2.58. The molecule has 1 atom stereocenters. The lowest BCUT2D eigenvalue weighted by atomic mass is 9.89. The summed E-state index contributed by atoms with van der Waals surface area (Å²) in [5.41, 5.74) is 8.48. The Morgan fingerprint density at radius 2 is 1.62 bits per heavy atom. The van der Waals surface area contributed by atoms with Crippen molar-refractivity contribution in [2.24, 2.45) is 5.73 Å². The van der Waals surface area contributed by atoms with Crippen LogP contribution in [-0.4, -0.2) is 12.6 Å². The van der Waals surface area contributed by atoms with Crippen LogP contribution < -0.4 is 10.5 Å². The maximum absolute atomic E-state index is 5.79. The van der Waals surface area contributed by atoms with Crippen molar-refractivity contribution in [3.05, 3.63) is 65.7 Å². The molecule has 2 rings (SSSR count). The zero-order chi connectivity index (χ0) is 15.1. The summed E-state index contributed by atoms with van der Waals surface area (Å²) in [5, 5.41) is 0. The van der Waals surface area contributed by atoms with Gasteiger partial charge in [-0.25, -0.2) is 0 Å². The van der Waals surface area contributed by atoms with Crippen molar-refractivity contribution < 1.29 is 4.74 Å². The lowest BCUT2D eigenvalue weighted by molar-refractivity contribution is 0.242. The van der Waals surface area contributed by atoms with Gasteiger partial charge in [-0.15, -0.1) is 0 Å². The highest BCUT2D eigenvalue weighted by Gasteiger charge is 2.12. The van der Waals surface area contributed by atoms with Crippen LogP contribution in [0.3, 0.4) is 0 Å². The van der Waals surface area contributed by atoms with E-state index >= 15 is 0 Å². The van der Waals surface area contributed by atoms with Gasteiger partial charge in [0, 0.05) is 0 Å². The SMILES string of the molecule is CC(C)Oc1ccc([C@H](CCN)Cc2ccccc2)cc1. The molecule has 21 heavy (non-hydrogen) atoms. The first-order chi connectivity index (χ1) is 10.2. The Bertz CT molecular complexity index is 519. The first-order valence-corrected chi connectivity index (χ1v) is 7.69. The van der Waals surface area contributed by atoms with Gasteiger partial charge < -0.3 is 10.5 Å². The standard InChI is InChI=1S/C19H25NO/c1-15(2)21-19-10-8-17(9-11-19)18(12-13-20)14-16-6-4-3-5-7-16/h3-11,15,18H,12-14,20H2,1-2H3/t18-/m1/s1. The smallest absolute Gasteiger partial charge is 0.119 e. The van der Waals surface area contributed by atoms with E-state index in [2.05, 4.69) is 54.6 Å². The van der Waals surface area contributed by atoms with Crippen LogP contribution in [0, 0.1) is 0 Å². The largest absolute Gasteiger partial charge is 0.491 e. The van der Waals surface area contributed by atoms with Crippen molar-refractivity contribution in [3.63, 3.8) is 0 Å². The summed E-state index contributed by atoms with van der Waals surface area (Å²) >= 11 is 0. The summed E-state index contributed by atoms with van der Waals surface area (Å²) in [6.07, 6.45) is 2.24. The number of hydrogen-bond donors (Lipinski definition) is 1. The van der Waals surface area contributed by atoms with E-state index in [9.17, 15) is 0 Å². The third-order valence-corrected chi connectivity index (χ3v) is 3.56. The normalized spacial score (nSPS) is 12.4. The van der Waals surface area contributed by atoms with E-state index in [4.69, 9.17) is 10.5 Å². The molecule has 0 unspecified atom stereocenters. The van der Waals surface area contributed by atoms with E-state index in [1.165, 1.54) is 11.1 Å². The predicted molar refractivity (Wildman–Crippen MR) is 88.8 cm³/mol. The van der Waals surface area contributed by atoms with Crippen LogP contribution >= 0.6 is 0 Å². The molecule has 0 heterocycles. The third kappa shape index (κ3) is 4.91. The highest BCUT2D eigenvalue weighted by Crippen LogP contribution is 2.26. The Kier molecular flexibility index (Phi) is 5.82. The molecule has 0 saturated heterocycles. The van der Waals surface area contributed by atoms with Crippen molar-refractivity contribution in [3.8, 4) is 5.75 Å². The molecule has 0 amide bonds. The van der Waals surface area contributed by atoms with Crippen LogP contribution in [0.15, 0.2) is 54.6 Å². The molecule has 2 nitrogen and oxygen atoms in total. The Morgan fingerprint density at radius 1 is 0.952 bits per heavy atom. The van der Waals surface area contributed by atoms with Gasteiger partial charge in [0.15, 0.2) is 0 Å². The molecular weight excluding hydrogens is 258 g/mol. The van der Waals surface area contributed by atoms with E-state index in [0.717, 1.165) is 18.6 Å². The molecule has 2 aromatic rings. The highest BCUT2D eigenvalue weighted by atomic mass is 16.5. The maximum atomic E-state index is 5.79. The van der Waals surface area contributed by atoms with Gasteiger partial charge in [0.05, 0.1) is 6.10 Å². The number of nitrogens with two attached hydrogens (primary N) is 1. The van der Waals surface area contributed by atoms with Crippen molar-refractivity contribution in [1.82, 2.24) is 0 Å². The minimum atomic E-state index is 0.208. The second-order valence-electron chi connectivity index (χ2n) is 5.70. The molecule has 0 radical (unpaired) electrons. The molecule has 112 valence electrons. The van der Waals surface area contributed by atoms with Gasteiger partial charge in [0.1, 0.15) is 5.75 Å². The van der Waals surface area contributed by atoms with E-state index in [1.54, 1.807) is 0 Å². The Balaban J connectivity index is 2.10. The molecule has 0 spiro atoms. The highest BCUT2D eigenvalue weighted by molar-refractivity contribution is 5.31. The quantitative estimate of drug-likeness (QED) is 0.828. The van der Waals surface area contributed by atoms with E-state index in [1.807, 2.05) is 13.8 Å². The molecule has 2 heteroatoms. The minimum Gasteiger partial charge on any atom is -0.491 e. The number of benzene rings is 2. The number of hydrogen-bond acceptors (Lipinski definition) is 2. The molecule has 0 aromatic heterocycles. The van der Waals surface area contributed by atoms with Gasteiger partial charge in [0.2, 0.25) is 0 Å². The summed E-state index contributed by atoms with van der Waals surface area (Å²) in [4.78, 5) is 0. The molecule has 2 aromatic carbocycles. The fourth-order valence-electron chi connectivity index (χ4n) is 2.58. The van der Waals surface area contributed by atoms with Gasteiger partial charge in [-0.3, -0.25) is 0 Å². The Hall–Kier alpha value is -1.80. The number of ether oxygens (including phenoxy) is 1. The summed E-state index contributed by atoms with van der Waals surface area (Å²) in [5.74, 6) is 1.39. The second-order valence-corrected chi connectivity index (χ2v) is 5.70. The average Bonchev–Trinajstić information content (AvgIpc) is 2.48. The monoisotopic (exact) mass is 283 g/mol. The zero-order valence-corrected chi connectivity index (χ0v) is 13.0. The van der Waals surface area contributed by atoms with Crippen molar-refractivity contribution >= 4 is 0 Å². The Morgan fingerprint density at radius 3 is 2.19 bits per heavy atom. The maximum Gasteiger partial charge on any atom is 0.119 e. The fraction of sp³-hybridized carbons (Fsp3) is 0.368. The first-order valence-electron chi connectivity index (χ1n) is 7.69. The van der Waals surface area contributed by atoms with E-state index in [0.29, 0.717) is 12.5 Å². The van der Waals surface area contributed by atoms with E-state index in [-0.39, 0.29) is 6.10 Å². The molecule has 0 fully saturated rings. The van der Waals surface area contributed by atoms with Gasteiger partial charge in [0.25, 0.3) is 0 Å². The predicted octanol–water partition coefficient (Wildman–Crippen LogP) is 4.15. The number of rotatable bonds is 7. The minimum absolute atomic E-state index is 0.208. The molecule has 2 N–H and O–H groups in total. The van der Waals surface area contributed by atoms with Crippen molar-refractivity contribution in [1.29, 1.82) is 0 Å². The lowest BCUT2D eigenvalue weighted by Crippen LogP contribution is -2.10. The molecular formula is C19H25NO. The molecule has 0 bridgehead atoms. The average molecular weight is 283 g/mol. The van der Waals surface area contributed by atoms with Gasteiger partial charge in [-0.1, -0.05) is 42.5 Å². The van der Waals surface area contributed by atoms with Gasteiger partial charge >= 0.3 is 0 Å². The van der Waals surface area contributed by atoms with Crippen molar-refractivity contribution in [2.75, 3.05) is 6.54 Å². The molecule has 0 aliphatic carbocycles. The summed E-state index contributed by atoms with van der Waals surface area (Å²) in [7, 11) is 0. The van der Waals surface area contributed by atoms with Crippen LogP contribution in [0.4, 0.5) is 0 Å². The molecule has 0 saturated carbocycles. The van der Waals surface area contributed by atoms with E-state index < -0.39 is 0 Å². The lowest BCUT2D eigenvalue weighted by Gasteiger charge is -2.18. The van der Waals surface area contributed by atoms with Crippen LogP contribution in [0.25, 0.3) is 0 Å². The zero-order valence-electron chi connectivity index (χ0n) is 13.0. The van der Waals surface area contributed by atoms with Crippen LogP contribution in [-0.2, 0) is 6.42 Å². The van der Waals surface area contributed by atoms with Crippen LogP contribution in [0.1, 0.15) is 37.3 Å². The summed E-state index contributed by atoms with van der Waals surface area (Å²) in [6, 6.07) is 19.1. The van der Waals surface area contributed by atoms with Crippen LogP contribution in [0.2, 0.25) is 0 Å². The Labute approximate surface area is 127 Å². The van der Waals surface area contributed by atoms with Gasteiger partial charge in [-0.05, 0) is 62.4 Å². The summed E-state index contributed by atoms with van der Waals surface area (Å²) in [6.45, 7) is 4.79. The van der Waals surface area contributed by atoms with Gasteiger partial charge in [-0.2, -0.15) is 0 Å². The van der Waals surface area contributed by atoms with Crippen LogP contribution in [0.5, 0.6) is 5.75 Å². The molecule has 0 aliphatic heterocycles. The second kappa shape index (κ2) is 7.84.